The molecule has 26 heavy (non-hydrogen) atoms. The second-order valence-corrected chi connectivity index (χ2v) is 5.96. The molecular formula is C18H28O8. The molecule has 0 bridgehead atoms. The number of rotatable bonds is 13. The molecule has 0 amide bonds. The molecule has 0 radical (unpaired) electrons. The third kappa shape index (κ3) is 6.80. The minimum atomic E-state index is -1.95. The molecule has 0 aliphatic heterocycles. The van der Waals surface area contributed by atoms with E-state index >= 15 is 0 Å². The second-order valence-electron chi connectivity index (χ2n) is 5.96. The van der Waals surface area contributed by atoms with Gasteiger partial charge >= 0.3 is 5.97 Å². The smallest absolute Gasteiger partial charge is 0.347 e. The van der Waals surface area contributed by atoms with Crippen molar-refractivity contribution in [2.24, 2.45) is 0 Å². The van der Waals surface area contributed by atoms with Crippen molar-refractivity contribution in [3.63, 3.8) is 0 Å². The van der Waals surface area contributed by atoms with E-state index in [0.717, 1.165) is 25.7 Å². The highest BCUT2D eigenvalue weighted by Crippen LogP contribution is 2.28. The first kappa shape index (κ1) is 22.2. The highest BCUT2D eigenvalue weighted by molar-refractivity contribution is 5.74. The Morgan fingerprint density at radius 1 is 1.04 bits per heavy atom. The number of aliphatic hydroxyl groups excluding tert-OH is 4. The minimum Gasteiger partial charge on any atom is -0.490 e. The van der Waals surface area contributed by atoms with Gasteiger partial charge in [-0.05, 0) is 18.6 Å². The summed E-state index contributed by atoms with van der Waals surface area (Å²) in [5.74, 6) is -1.11. The van der Waals surface area contributed by atoms with Gasteiger partial charge in [-0.2, -0.15) is 0 Å². The molecule has 0 aliphatic carbocycles. The van der Waals surface area contributed by atoms with Crippen molar-refractivity contribution in [3.05, 3.63) is 24.3 Å². The molecule has 1 rings (SSSR count). The Kier molecular flexibility index (Phi) is 9.97. The summed E-state index contributed by atoms with van der Waals surface area (Å²) >= 11 is 0. The summed E-state index contributed by atoms with van der Waals surface area (Å²) in [6, 6.07) is 6.41. The maximum Gasteiger partial charge on any atom is 0.347 e. The number of carboxylic acids is 1. The SMILES string of the molecule is CCCCCCOc1ccccc1O[C@@H](C(=O)O)[C@@H](O)[C@H](O)[C@H](O)CO. The predicted octanol–water partition coefficient (Wildman–Crippen LogP) is 0.553. The van der Waals surface area contributed by atoms with Gasteiger partial charge in [0.05, 0.1) is 13.2 Å². The van der Waals surface area contributed by atoms with E-state index in [0.29, 0.717) is 12.4 Å². The molecule has 0 spiro atoms. The maximum absolute atomic E-state index is 11.4. The Balaban J connectivity index is 2.81. The number of ether oxygens (including phenoxy) is 2. The lowest BCUT2D eigenvalue weighted by atomic mass is 10.0. The van der Waals surface area contributed by atoms with Crippen molar-refractivity contribution in [2.45, 2.75) is 57.0 Å². The Morgan fingerprint density at radius 3 is 2.27 bits per heavy atom. The largest absolute Gasteiger partial charge is 0.490 e. The van der Waals surface area contributed by atoms with Crippen LogP contribution >= 0.6 is 0 Å². The zero-order valence-corrected chi connectivity index (χ0v) is 14.8. The molecule has 1 aromatic carbocycles. The third-order valence-electron chi connectivity index (χ3n) is 3.84. The van der Waals surface area contributed by atoms with Crippen molar-refractivity contribution in [1.29, 1.82) is 0 Å². The average molecular weight is 372 g/mol. The molecule has 4 atom stereocenters. The van der Waals surface area contributed by atoms with Crippen molar-refractivity contribution >= 4 is 5.97 Å². The molecule has 0 aromatic heterocycles. The maximum atomic E-state index is 11.4. The highest BCUT2D eigenvalue weighted by Gasteiger charge is 2.37. The first-order chi connectivity index (χ1) is 12.4. The van der Waals surface area contributed by atoms with E-state index in [1.807, 2.05) is 0 Å². The number of hydrogen-bond acceptors (Lipinski definition) is 7. The fourth-order valence-corrected chi connectivity index (χ4v) is 2.30. The van der Waals surface area contributed by atoms with Gasteiger partial charge in [-0.3, -0.25) is 0 Å². The Labute approximate surface area is 152 Å². The van der Waals surface area contributed by atoms with Crippen LogP contribution in [0.25, 0.3) is 0 Å². The number of carboxylic acid groups (broad SMARTS) is 1. The van der Waals surface area contributed by atoms with Crippen LogP contribution in [0.3, 0.4) is 0 Å². The molecule has 148 valence electrons. The standard InChI is InChI=1S/C18H28O8/c1-2-3-4-7-10-25-13-8-5-6-9-14(13)26-17(18(23)24)16(22)15(21)12(20)11-19/h5-6,8-9,12,15-17,19-22H,2-4,7,10-11H2,1H3,(H,23,24)/t12-,15-,16+,17-/m1/s1. The van der Waals surface area contributed by atoms with Gasteiger partial charge in [0, 0.05) is 0 Å². The van der Waals surface area contributed by atoms with Gasteiger partial charge in [-0.1, -0.05) is 38.3 Å². The van der Waals surface area contributed by atoms with Gasteiger partial charge in [0.2, 0.25) is 6.10 Å². The number of aliphatic hydroxyl groups is 4. The number of aliphatic carboxylic acids is 1. The Morgan fingerprint density at radius 2 is 1.69 bits per heavy atom. The van der Waals surface area contributed by atoms with Crippen LogP contribution in [0.5, 0.6) is 11.5 Å². The van der Waals surface area contributed by atoms with Crippen LogP contribution in [0.4, 0.5) is 0 Å². The Bertz CT molecular complexity index is 536. The van der Waals surface area contributed by atoms with Gasteiger partial charge in [0.1, 0.15) is 18.3 Å². The van der Waals surface area contributed by atoms with E-state index in [1.165, 1.54) is 6.07 Å². The monoisotopic (exact) mass is 372 g/mol. The summed E-state index contributed by atoms with van der Waals surface area (Å²) in [5.41, 5.74) is 0. The molecule has 5 N–H and O–H groups in total. The van der Waals surface area contributed by atoms with Crippen LogP contribution in [-0.4, -0.2) is 69.1 Å². The summed E-state index contributed by atoms with van der Waals surface area (Å²) in [5, 5.41) is 47.3. The highest BCUT2D eigenvalue weighted by atomic mass is 16.6. The average Bonchev–Trinajstić information content (AvgIpc) is 2.64. The fraction of sp³-hybridized carbons (Fsp3) is 0.611. The van der Waals surface area contributed by atoms with E-state index in [2.05, 4.69) is 6.92 Å². The number of para-hydroxylation sites is 2. The van der Waals surface area contributed by atoms with Gasteiger partial charge < -0.3 is 35.0 Å². The second kappa shape index (κ2) is 11.7. The van der Waals surface area contributed by atoms with Crippen LogP contribution in [-0.2, 0) is 4.79 Å². The van der Waals surface area contributed by atoms with Crippen molar-refractivity contribution < 1.29 is 39.8 Å². The van der Waals surface area contributed by atoms with Gasteiger partial charge in [-0.15, -0.1) is 0 Å². The predicted molar refractivity (Wildman–Crippen MR) is 93.2 cm³/mol. The molecule has 1 aromatic rings. The quantitative estimate of drug-likeness (QED) is 0.317. The van der Waals surface area contributed by atoms with Gasteiger partial charge in [0.25, 0.3) is 0 Å². The Hall–Kier alpha value is -1.87. The molecular weight excluding hydrogens is 344 g/mol. The van der Waals surface area contributed by atoms with Gasteiger partial charge in [-0.25, -0.2) is 4.79 Å². The lowest BCUT2D eigenvalue weighted by molar-refractivity contribution is -0.161. The molecule has 0 unspecified atom stereocenters. The van der Waals surface area contributed by atoms with Crippen molar-refractivity contribution in [2.75, 3.05) is 13.2 Å². The summed E-state index contributed by atoms with van der Waals surface area (Å²) in [4.78, 5) is 11.4. The summed E-state index contributed by atoms with van der Waals surface area (Å²) in [6.07, 6.45) is -3.33. The number of carbonyl (C=O) groups is 1. The van der Waals surface area contributed by atoms with E-state index in [4.69, 9.17) is 14.6 Å². The first-order valence-electron chi connectivity index (χ1n) is 8.68. The van der Waals surface area contributed by atoms with Crippen LogP contribution in [0.15, 0.2) is 24.3 Å². The molecule has 0 saturated heterocycles. The fourth-order valence-electron chi connectivity index (χ4n) is 2.30. The van der Waals surface area contributed by atoms with Crippen molar-refractivity contribution in [1.82, 2.24) is 0 Å². The molecule has 0 aliphatic rings. The summed E-state index contributed by atoms with van der Waals surface area (Å²) in [7, 11) is 0. The van der Waals surface area contributed by atoms with Crippen LogP contribution in [0.2, 0.25) is 0 Å². The number of unbranched alkanes of at least 4 members (excludes halogenated alkanes) is 3. The van der Waals surface area contributed by atoms with E-state index in [9.17, 15) is 25.2 Å². The van der Waals surface area contributed by atoms with Crippen molar-refractivity contribution in [3.8, 4) is 11.5 Å². The lowest BCUT2D eigenvalue weighted by Gasteiger charge is -2.27. The lowest BCUT2D eigenvalue weighted by Crippen LogP contribution is -2.51. The molecule has 0 heterocycles. The molecule has 8 heteroatoms. The zero-order chi connectivity index (χ0) is 19.5. The van der Waals surface area contributed by atoms with Crippen LogP contribution in [0, 0.1) is 0 Å². The minimum absolute atomic E-state index is 0.0973. The molecule has 8 nitrogen and oxygen atoms in total. The zero-order valence-electron chi connectivity index (χ0n) is 14.8. The number of benzene rings is 1. The van der Waals surface area contributed by atoms with Crippen LogP contribution in [0.1, 0.15) is 32.6 Å². The van der Waals surface area contributed by atoms with Gasteiger partial charge in [0.15, 0.2) is 11.5 Å². The molecule has 0 fully saturated rings. The van der Waals surface area contributed by atoms with E-state index in [1.54, 1.807) is 18.2 Å². The molecule has 0 saturated carbocycles. The topological polar surface area (TPSA) is 137 Å². The summed E-state index contributed by atoms with van der Waals surface area (Å²) in [6.45, 7) is 1.71. The number of hydrogen-bond donors (Lipinski definition) is 5. The van der Waals surface area contributed by atoms with E-state index < -0.39 is 37.0 Å². The normalized spacial score (nSPS) is 15.7. The first-order valence-corrected chi connectivity index (χ1v) is 8.68. The van der Waals surface area contributed by atoms with E-state index in [-0.39, 0.29) is 5.75 Å². The third-order valence-corrected chi connectivity index (χ3v) is 3.84. The van der Waals surface area contributed by atoms with Crippen LogP contribution < -0.4 is 9.47 Å². The summed E-state index contributed by atoms with van der Waals surface area (Å²) < 4.78 is 11.0.